The van der Waals surface area contributed by atoms with E-state index in [1.807, 2.05) is 20.8 Å². The quantitative estimate of drug-likeness (QED) is 0.676. The van der Waals surface area contributed by atoms with E-state index < -0.39 is 11.6 Å². The number of amides is 2. The molecule has 0 radical (unpaired) electrons. The van der Waals surface area contributed by atoms with Crippen LogP contribution in [0.2, 0.25) is 0 Å². The third-order valence-corrected chi connectivity index (χ3v) is 5.08. The van der Waals surface area contributed by atoms with Crippen molar-refractivity contribution in [1.29, 1.82) is 0 Å². The lowest BCUT2D eigenvalue weighted by Crippen LogP contribution is -2.51. The van der Waals surface area contributed by atoms with Crippen molar-refractivity contribution in [3.05, 3.63) is 47.3 Å². The first-order chi connectivity index (χ1) is 15.1. The summed E-state index contributed by atoms with van der Waals surface area (Å²) in [6, 6.07) is 7.06. The first-order valence-corrected chi connectivity index (χ1v) is 10.7. The second-order valence-electron chi connectivity index (χ2n) is 8.58. The van der Waals surface area contributed by atoms with Crippen LogP contribution in [0.1, 0.15) is 54.1 Å². The highest BCUT2D eigenvalue weighted by atomic mass is 16.6. The Labute approximate surface area is 187 Å². The van der Waals surface area contributed by atoms with E-state index in [4.69, 9.17) is 9.47 Å². The van der Waals surface area contributed by atoms with Gasteiger partial charge in [0, 0.05) is 31.7 Å². The van der Waals surface area contributed by atoms with Crippen LogP contribution in [0.4, 0.5) is 4.79 Å². The Bertz CT molecular complexity index is 983. The van der Waals surface area contributed by atoms with Crippen molar-refractivity contribution in [3.63, 3.8) is 0 Å². The summed E-state index contributed by atoms with van der Waals surface area (Å²) >= 11 is 0. The highest BCUT2D eigenvalue weighted by Gasteiger charge is 2.28. The molecule has 9 nitrogen and oxygen atoms in total. The molecule has 0 N–H and O–H groups in total. The second kappa shape index (κ2) is 9.42. The molecule has 0 unspecified atom stereocenters. The molecule has 0 spiro atoms. The van der Waals surface area contributed by atoms with Crippen molar-refractivity contribution in [2.45, 2.75) is 40.2 Å². The summed E-state index contributed by atoms with van der Waals surface area (Å²) in [6.45, 7) is 11.1. The normalized spacial score (nSPS) is 14.3. The summed E-state index contributed by atoms with van der Waals surface area (Å²) in [6.07, 6.45) is 1.13. The maximum Gasteiger partial charge on any atom is 0.410 e. The summed E-state index contributed by atoms with van der Waals surface area (Å²) < 4.78 is 12.1. The van der Waals surface area contributed by atoms with Crippen molar-refractivity contribution in [1.82, 2.24) is 19.6 Å². The molecule has 1 aliphatic rings. The van der Waals surface area contributed by atoms with Gasteiger partial charge in [0.2, 0.25) is 0 Å². The van der Waals surface area contributed by atoms with Gasteiger partial charge in [-0.1, -0.05) is 0 Å². The summed E-state index contributed by atoms with van der Waals surface area (Å²) in [7, 11) is 0. The van der Waals surface area contributed by atoms with Crippen molar-refractivity contribution >= 4 is 18.0 Å². The molecule has 0 atom stereocenters. The Hall–Kier alpha value is -3.36. The van der Waals surface area contributed by atoms with Gasteiger partial charge in [-0.15, -0.1) is 0 Å². The zero-order valence-electron chi connectivity index (χ0n) is 19.3. The number of esters is 1. The third kappa shape index (κ3) is 5.27. The van der Waals surface area contributed by atoms with Gasteiger partial charge in [0.1, 0.15) is 11.2 Å². The Kier molecular flexibility index (Phi) is 6.86. The maximum absolute atomic E-state index is 12.9. The minimum Gasteiger partial charge on any atom is -0.462 e. The molecule has 2 aromatic rings. The minimum atomic E-state index is -0.546. The highest BCUT2D eigenvalue weighted by Crippen LogP contribution is 2.18. The van der Waals surface area contributed by atoms with E-state index in [0.29, 0.717) is 49.6 Å². The number of piperazine rings is 1. The Balaban J connectivity index is 1.63. The zero-order valence-corrected chi connectivity index (χ0v) is 19.3. The summed E-state index contributed by atoms with van der Waals surface area (Å²) in [5.74, 6) is -0.502. The standard InChI is InChI=1S/C23H30N4O5/c1-6-31-21(29)19-15-24-27(16(19)2)18-9-7-17(8-10-18)20(28)25-11-13-26(14-12-25)22(30)32-23(3,4)5/h7-10,15H,6,11-14H2,1-5H3. The van der Waals surface area contributed by atoms with E-state index in [0.717, 1.165) is 5.69 Å². The predicted octanol–water partition coefficient (Wildman–Crippen LogP) is 3.05. The van der Waals surface area contributed by atoms with Crippen LogP contribution >= 0.6 is 0 Å². The lowest BCUT2D eigenvalue weighted by atomic mass is 10.1. The largest absolute Gasteiger partial charge is 0.462 e. The molecule has 32 heavy (non-hydrogen) atoms. The van der Waals surface area contributed by atoms with Gasteiger partial charge in [-0.25, -0.2) is 14.3 Å². The molecule has 0 saturated carbocycles. The van der Waals surface area contributed by atoms with Gasteiger partial charge in [-0.05, 0) is 58.9 Å². The fourth-order valence-electron chi connectivity index (χ4n) is 3.43. The highest BCUT2D eigenvalue weighted by molar-refractivity contribution is 5.94. The van der Waals surface area contributed by atoms with E-state index in [-0.39, 0.29) is 12.0 Å². The molecule has 1 aromatic carbocycles. The number of benzene rings is 1. The Morgan fingerprint density at radius 1 is 1.00 bits per heavy atom. The molecule has 0 bridgehead atoms. The molecular weight excluding hydrogens is 412 g/mol. The van der Waals surface area contributed by atoms with Crippen LogP contribution in [0, 0.1) is 6.92 Å². The van der Waals surface area contributed by atoms with Gasteiger partial charge in [0.25, 0.3) is 5.91 Å². The van der Waals surface area contributed by atoms with Crippen LogP contribution in [-0.2, 0) is 9.47 Å². The summed E-state index contributed by atoms with van der Waals surface area (Å²) in [4.78, 5) is 40.5. The number of aromatic nitrogens is 2. The van der Waals surface area contributed by atoms with Crippen LogP contribution in [0.3, 0.4) is 0 Å². The topological polar surface area (TPSA) is 94.0 Å². The smallest absolute Gasteiger partial charge is 0.410 e. The number of rotatable bonds is 4. The minimum absolute atomic E-state index is 0.0928. The average Bonchev–Trinajstić information content (AvgIpc) is 3.14. The summed E-state index contributed by atoms with van der Waals surface area (Å²) in [5.41, 5.74) is 1.82. The number of hydrogen-bond acceptors (Lipinski definition) is 6. The molecule has 3 rings (SSSR count). The van der Waals surface area contributed by atoms with Gasteiger partial charge in [-0.3, -0.25) is 4.79 Å². The fourth-order valence-corrected chi connectivity index (χ4v) is 3.43. The SMILES string of the molecule is CCOC(=O)c1cnn(-c2ccc(C(=O)N3CCN(C(=O)OC(C)(C)C)CC3)cc2)c1C. The molecule has 0 aliphatic carbocycles. The maximum atomic E-state index is 12.9. The van der Waals surface area contributed by atoms with E-state index >= 15 is 0 Å². The van der Waals surface area contributed by atoms with Crippen molar-refractivity contribution in [3.8, 4) is 5.69 Å². The van der Waals surface area contributed by atoms with Gasteiger partial charge in [-0.2, -0.15) is 5.10 Å². The monoisotopic (exact) mass is 442 g/mol. The van der Waals surface area contributed by atoms with Crippen LogP contribution < -0.4 is 0 Å². The number of carbonyl (C=O) groups excluding carboxylic acids is 3. The van der Waals surface area contributed by atoms with Crippen molar-refractivity contribution in [2.24, 2.45) is 0 Å². The lowest BCUT2D eigenvalue weighted by Gasteiger charge is -2.35. The average molecular weight is 443 g/mol. The molecule has 2 heterocycles. The molecule has 9 heteroatoms. The molecule has 1 saturated heterocycles. The molecule has 172 valence electrons. The van der Waals surface area contributed by atoms with Gasteiger partial charge >= 0.3 is 12.1 Å². The molecule has 1 aliphatic heterocycles. The van der Waals surface area contributed by atoms with E-state index in [1.54, 1.807) is 52.6 Å². The zero-order chi connectivity index (χ0) is 23.5. The number of hydrogen-bond donors (Lipinski definition) is 0. The lowest BCUT2D eigenvalue weighted by molar-refractivity contribution is 0.0141. The van der Waals surface area contributed by atoms with Crippen LogP contribution in [0.5, 0.6) is 0 Å². The van der Waals surface area contributed by atoms with Gasteiger partial charge in [0.15, 0.2) is 0 Å². The molecule has 1 fully saturated rings. The Morgan fingerprint density at radius 3 is 2.16 bits per heavy atom. The summed E-state index contributed by atoms with van der Waals surface area (Å²) in [5, 5.41) is 4.27. The fraction of sp³-hybridized carbons (Fsp3) is 0.478. The van der Waals surface area contributed by atoms with Crippen molar-refractivity contribution in [2.75, 3.05) is 32.8 Å². The van der Waals surface area contributed by atoms with Crippen LogP contribution in [0.25, 0.3) is 5.69 Å². The predicted molar refractivity (Wildman–Crippen MR) is 118 cm³/mol. The molecule has 2 amide bonds. The van der Waals surface area contributed by atoms with Gasteiger partial charge in [0.05, 0.1) is 24.2 Å². The van der Waals surface area contributed by atoms with E-state index in [9.17, 15) is 14.4 Å². The Morgan fingerprint density at radius 2 is 1.59 bits per heavy atom. The number of ether oxygens (including phenoxy) is 2. The van der Waals surface area contributed by atoms with E-state index in [1.165, 1.54) is 6.20 Å². The molecular formula is C23H30N4O5. The van der Waals surface area contributed by atoms with Gasteiger partial charge < -0.3 is 19.3 Å². The second-order valence-corrected chi connectivity index (χ2v) is 8.58. The number of nitrogens with zero attached hydrogens (tertiary/aromatic N) is 4. The molecule has 1 aromatic heterocycles. The first-order valence-electron chi connectivity index (χ1n) is 10.7. The first kappa shape index (κ1) is 23.3. The van der Waals surface area contributed by atoms with Crippen molar-refractivity contribution < 1.29 is 23.9 Å². The van der Waals surface area contributed by atoms with E-state index in [2.05, 4.69) is 5.10 Å². The van der Waals surface area contributed by atoms with Crippen LogP contribution in [-0.4, -0.2) is 75.9 Å². The third-order valence-electron chi connectivity index (χ3n) is 5.08. The number of carbonyl (C=O) groups is 3. The van der Waals surface area contributed by atoms with Crippen LogP contribution in [0.15, 0.2) is 30.5 Å².